The molecule has 9 heteroatoms. The van der Waals surface area contributed by atoms with Crippen molar-refractivity contribution >= 4 is 27.8 Å². The summed E-state index contributed by atoms with van der Waals surface area (Å²) in [6.45, 7) is 3.61. The highest BCUT2D eigenvalue weighted by molar-refractivity contribution is 9.08. The number of benzene rings is 1. The predicted molar refractivity (Wildman–Crippen MR) is 106 cm³/mol. The maximum absolute atomic E-state index is 13.4. The van der Waals surface area contributed by atoms with Crippen LogP contribution in [0.15, 0.2) is 30.5 Å². The molecule has 0 bridgehead atoms. The fourth-order valence-corrected chi connectivity index (χ4v) is 3.47. The van der Waals surface area contributed by atoms with Gasteiger partial charge in [0.15, 0.2) is 0 Å². The van der Waals surface area contributed by atoms with E-state index in [4.69, 9.17) is 5.11 Å². The molecule has 0 aliphatic carbocycles. The van der Waals surface area contributed by atoms with Crippen LogP contribution in [0.25, 0.3) is 11.1 Å². The molecule has 1 heterocycles. The number of pyridine rings is 1. The smallest absolute Gasteiger partial charge is 0.416 e. The van der Waals surface area contributed by atoms with E-state index in [2.05, 4.69) is 26.2 Å². The zero-order valence-corrected chi connectivity index (χ0v) is 17.4. The number of alkyl halides is 4. The fourth-order valence-electron chi connectivity index (χ4n) is 2.84. The number of carboxylic acids is 1. The monoisotopic (exact) mass is 472 g/mol. The van der Waals surface area contributed by atoms with Gasteiger partial charge in [0.1, 0.15) is 5.69 Å². The van der Waals surface area contributed by atoms with Gasteiger partial charge in [-0.25, -0.2) is 0 Å². The van der Waals surface area contributed by atoms with E-state index in [1.165, 1.54) is 24.4 Å². The van der Waals surface area contributed by atoms with Crippen LogP contribution in [0.2, 0.25) is 0 Å². The Balaban J connectivity index is 2.42. The number of hydrogen-bond acceptors (Lipinski definition) is 3. The van der Waals surface area contributed by atoms with Crippen LogP contribution in [-0.2, 0) is 16.3 Å². The first-order chi connectivity index (χ1) is 13.5. The maximum atomic E-state index is 13.4. The van der Waals surface area contributed by atoms with Crippen molar-refractivity contribution in [2.75, 3.05) is 6.54 Å². The Labute approximate surface area is 174 Å². The Morgan fingerprint density at radius 3 is 2.41 bits per heavy atom. The predicted octanol–water partition coefficient (Wildman–Crippen LogP) is 4.99. The summed E-state index contributed by atoms with van der Waals surface area (Å²) in [4.78, 5) is 26.5. The molecule has 0 atom stereocenters. The molecule has 1 aromatic carbocycles. The van der Waals surface area contributed by atoms with E-state index >= 15 is 0 Å². The Bertz CT molecular complexity index is 897. The molecule has 0 aliphatic heterocycles. The van der Waals surface area contributed by atoms with Crippen molar-refractivity contribution in [3.05, 3.63) is 52.8 Å². The Kier molecular flexibility index (Phi) is 7.40. The lowest BCUT2D eigenvalue weighted by Crippen LogP contribution is -2.26. The van der Waals surface area contributed by atoms with Crippen LogP contribution in [0.5, 0.6) is 0 Å². The van der Waals surface area contributed by atoms with Crippen molar-refractivity contribution in [1.82, 2.24) is 10.3 Å². The van der Waals surface area contributed by atoms with Crippen LogP contribution in [0, 0.1) is 0 Å². The number of carbonyl (C=O) groups excluding carboxylic acids is 1. The highest BCUT2D eigenvalue weighted by Gasteiger charge is 2.32. The van der Waals surface area contributed by atoms with Crippen LogP contribution in [0.4, 0.5) is 13.2 Å². The molecule has 5 nitrogen and oxygen atoms in total. The maximum Gasteiger partial charge on any atom is 0.416 e. The summed E-state index contributed by atoms with van der Waals surface area (Å²) in [5.41, 5.74) is 1.47. The second kappa shape index (κ2) is 9.39. The van der Waals surface area contributed by atoms with Crippen molar-refractivity contribution in [3.8, 4) is 11.1 Å². The summed E-state index contributed by atoms with van der Waals surface area (Å²) in [5.74, 6) is -1.71. The zero-order chi connectivity index (χ0) is 21.8. The number of aromatic nitrogens is 1. The summed E-state index contributed by atoms with van der Waals surface area (Å²) < 4.78 is 40.2. The molecule has 2 rings (SSSR count). The van der Waals surface area contributed by atoms with Crippen molar-refractivity contribution in [3.63, 3.8) is 0 Å². The van der Waals surface area contributed by atoms with Gasteiger partial charge < -0.3 is 10.4 Å². The first-order valence-corrected chi connectivity index (χ1v) is 9.93. The fraction of sp³-hybridized carbons (Fsp3) is 0.350. The number of aliphatic carboxylic acids is 1. The van der Waals surface area contributed by atoms with E-state index in [1.54, 1.807) is 0 Å². The lowest BCUT2D eigenvalue weighted by Gasteiger charge is -2.19. The van der Waals surface area contributed by atoms with Gasteiger partial charge in [0, 0.05) is 23.6 Å². The molecular weight excluding hydrogens is 453 g/mol. The number of carboxylic acid groups (broad SMARTS) is 1. The molecule has 0 saturated heterocycles. The van der Waals surface area contributed by atoms with Crippen molar-refractivity contribution in [1.29, 1.82) is 0 Å². The molecule has 0 aliphatic rings. The van der Waals surface area contributed by atoms with Gasteiger partial charge in [-0.05, 0) is 40.8 Å². The summed E-state index contributed by atoms with van der Waals surface area (Å²) in [6.07, 6.45) is -3.36. The number of nitrogens with zero attached hydrogens (tertiary/aromatic N) is 1. The lowest BCUT2D eigenvalue weighted by molar-refractivity contribution is -0.138. The number of rotatable bonds is 7. The number of carbonyl (C=O) groups is 2. The molecule has 0 fully saturated rings. The first-order valence-electron chi connectivity index (χ1n) is 8.81. The van der Waals surface area contributed by atoms with Gasteiger partial charge >= 0.3 is 12.1 Å². The Hall–Kier alpha value is -2.42. The third kappa shape index (κ3) is 5.79. The molecule has 1 aromatic heterocycles. The van der Waals surface area contributed by atoms with Crippen LogP contribution >= 0.6 is 15.9 Å². The van der Waals surface area contributed by atoms with E-state index in [1.807, 2.05) is 13.8 Å². The van der Waals surface area contributed by atoms with Crippen LogP contribution in [0.1, 0.15) is 53.4 Å². The quantitative estimate of drug-likeness (QED) is 0.556. The van der Waals surface area contributed by atoms with Gasteiger partial charge in [-0.1, -0.05) is 35.8 Å². The van der Waals surface area contributed by atoms with Gasteiger partial charge in [0.2, 0.25) is 0 Å². The Morgan fingerprint density at radius 2 is 1.93 bits per heavy atom. The number of nitrogens with one attached hydrogen (secondary N) is 1. The van der Waals surface area contributed by atoms with E-state index in [9.17, 15) is 22.8 Å². The SMILES string of the molecule is CC(C)c1cc(C(F)(F)F)cc(-c2ccc(C(=O)NCCC(=O)O)nc2)c1CBr. The van der Waals surface area contributed by atoms with E-state index in [0.717, 1.165) is 11.6 Å². The second-order valence-corrected chi connectivity index (χ2v) is 7.27. The van der Waals surface area contributed by atoms with Crippen LogP contribution in [0.3, 0.4) is 0 Å². The molecule has 2 N–H and O–H groups in total. The normalized spacial score (nSPS) is 11.6. The van der Waals surface area contributed by atoms with E-state index < -0.39 is 23.6 Å². The average molecular weight is 473 g/mol. The standard InChI is InChI=1S/C20H20BrF3N2O3/c1-11(2)14-7-13(20(22,23)24)8-15(16(14)9-21)12-3-4-17(26-10-12)19(29)25-6-5-18(27)28/h3-4,7-8,10-11H,5-6,9H2,1-2H3,(H,25,29)(H,27,28). The minimum Gasteiger partial charge on any atom is -0.481 e. The molecule has 1 amide bonds. The summed E-state index contributed by atoms with van der Waals surface area (Å²) in [7, 11) is 0. The average Bonchev–Trinajstić information content (AvgIpc) is 2.65. The van der Waals surface area contributed by atoms with Crippen LogP contribution < -0.4 is 5.32 Å². The molecule has 156 valence electrons. The molecule has 2 aromatic rings. The number of halogens is 4. The zero-order valence-electron chi connectivity index (χ0n) is 15.8. The Morgan fingerprint density at radius 1 is 1.24 bits per heavy atom. The molecular formula is C20H20BrF3N2O3. The van der Waals surface area contributed by atoms with Crippen molar-refractivity contribution in [2.45, 2.75) is 37.7 Å². The topological polar surface area (TPSA) is 79.3 Å². The summed E-state index contributed by atoms with van der Waals surface area (Å²) in [6, 6.07) is 5.19. The largest absolute Gasteiger partial charge is 0.481 e. The lowest BCUT2D eigenvalue weighted by atomic mass is 9.89. The summed E-state index contributed by atoms with van der Waals surface area (Å²) >= 11 is 3.36. The van der Waals surface area contributed by atoms with Crippen molar-refractivity contribution < 1.29 is 27.9 Å². The molecule has 0 spiro atoms. The second-order valence-electron chi connectivity index (χ2n) is 6.71. The van der Waals surface area contributed by atoms with Gasteiger partial charge in [0.05, 0.1) is 12.0 Å². The third-order valence-electron chi connectivity index (χ3n) is 4.30. The van der Waals surface area contributed by atoms with Gasteiger partial charge in [0.25, 0.3) is 5.91 Å². The molecule has 0 radical (unpaired) electrons. The highest BCUT2D eigenvalue weighted by atomic mass is 79.9. The number of hydrogen-bond donors (Lipinski definition) is 2. The van der Waals surface area contributed by atoms with Gasteiger partial charge in [-0.3, -0.25) is 14.6 Å². The first kappa shape index (κ1) is 22.9. The third-order valence-corrected chi connectivity index (χ3v) is 4.86. The minimum atomic E-state index is -4.49. The minimum absolute atomic E-state index is 0.0449. The van der Waals surface area contributed by atoms with Crippen molar-refractivity contribution in [2.24, 2.45) is 0 Å². The highest BCUT2D eigenvalue weighted by Crippen LogP contribution is 2.38. The number of amides is 1. The van der Waals surface area contributed by atoms with E-state index in [-0.39, 0.29) is 24.6 Å². The van der Waals surface area contributed by atoms with Crippen LogP contribution in [-0.4, -0.2) is 28.5 Å². The van der Waals surface area contributed by atoms with Gasteiger partial charge in [-0.2, -0.15) is 13.2 Å². The molecule has 0 saturated carbocycles. The van der Waals surface area contributed by atoms with Gasteiger partial charge in [-0.15, -0.1) is 0 Å². The van der Waals surface area contributed by atoms with E-state index in [0.29, 0.717) is 22.0 Å². The molecule has 29 heavy (non-hydrogen) atoms. The molecule has 0 unspecified atom stereocenters. The summed E-state index contributed by atoms with van der Waals surface area (Å²) in [5, 5.41) is 11.4.